The van der Waals surface area contributed by atoms with Crippen molar-refractivity contribution in [2.75, 3.05) is 18.0 Å². The van der Waals surface area contributed by atoms with Crippen LogP contribution in [0, 0.1) is 0 Å². The second kappa shape index (κ2) is 4.63. The molecule has 1 aromatic carbocycles. The first-order valence-corrected chi connectivity index (χ1v) is 7.28. The van der Waals surface area contributed by atoms with Gasteiger partial charge in [0, 0.05) is 12.2 Å². The van der Waals surface area contributed by atoms with E-state index in [-0.39, 0.29) is 35.5 Å². The van der Waals surface area contributed by atoms with Crippen molar-refractivity contribution in [3.05, 3.63) is 29.3 Å². The maximum absolute atomic E-state index is 12.0. The van der Waals surface area contributed by atoms with Gasteiger partial charge in [-0.15, -0.1) is 0 Å². The molecule has 1 heterocycles. The van der Waals surface area contributed by atoms with Crippen molar-refractivity contribution in [1.29, 1.82) is 0 Å². The Kier molecular flexibility index (Phi) is 3.29. The third kappa shape index (κ3) is 2.59. The van der Waals surface area contributed by atoms with Crippen molar-refractivity contribution in [1.82, 2.24) is 4.90 Å². The number of imide groups is 1. The van der Waals surface area contributed by atoms with Crippen LogP contribution < -0.4 is 10.9 Å². The molecule has 0 saturated carbocycles. The molecule has 102 valence electrons. The lowest BCUT2D eigenvalue weighted by atomic mass is 10.1. The summed E-state index contributed by atoms with van der Waals surface area (Å²) < 4.78 is 21.6. The zero-order valence-electron chi connectivity index (χ0n) is 10.00. The standard InChI is InChI=1S/C11H13N3O4S/c12-8-4-1-3-7-9(8)11(16)14(10(7)15)5-2-6-19(13,17)18/h1,3-4H,2,5-6,12H2,(H2,13,17,18). The Morgan fingerprint density at radius 1 is 1.16 bits per heavy atom. The second-order valence-electron chi connectivity index (χ2n) is 4.25. The minimum atomic E-state index is -3.60. The number of nitrogen functional groups attached to an aromatic ring is 1. The number of fused-ring (bicyclic) bond motifs is 1. The molecule has 8 heteroatoms. The summed E-state index contributed by atoms with van der Waals surface area (Å²) in [5.41, 5.74) is 6.34. The number of nitrogens with zero attached hydrogens (tertiary/aromatic N) is 1. The predicted molar refractivity (Wildman–Crippen MR) is 68.8 cm³/mol. The third-order valence-corrected chi connectivity index (χ3v) is 3.70. The smallest absolute Gasteiger partial charge is 0.263 e. The van der Waals surface area contributed by atoms with Gasteiger partial charge in [-0.25, -0.2) is 13.6 Å². The number of carbonyl (C=O) groups excluding carboxylic acids is 2. The Labute approximate surface area is 110 Å². The van der Waals surface area contributed by atoms with Crippen LogP contribution in [0.2, 0.25) is 0 Å². The number of rotatable bonds is 4. The summed E-state index contributed by atoms with van der Waals surface area (Å²) in [7, 11) is -3.60. The molecule has 0 fully saturated rings. The summed E-state index contributed by atoms with van der Waals surface area (Å²) >= 11 is 0. The first kappa shape index (κ1) is 13.5. The molecule has 2 amide bonds. The Balaban J connectivity index is 2.17. The first-order valence-electron chi connectivity index (χ1n) is 5.56. The van der Waals surface area contributed by atoms with Crippen molar-refractivity contribution < 1.29 is 18.0 Å². The molecule has 0 atom stereocenters. The zero-order chi connectivity index (χ0) is 14.2. The number of hydrogen-bond acceptors (Lipinski definition) is 5. The number of sulfonamides is 1. The van der Waals surface area contributed by atoms with Gasteiger partial charge in [-0.3, -0.25) is 14.5 Å². The van der Waals surface area contributed by atoms with Gasteiger partial charge in [0.1, 0.15) is 0 Å². The summed E-state index contributed by atoms with van der Waals surface area (Å²) in [6.45, 7) is 0.00220. The van der Waals surface area contributed by atoms with Gasteiger partial charge < -0.3 is 5.73 Å². The highest BCUT2D eigenvalue weighted by Gasteiger charge is 2.36. The van der Waals surface area contributed by atoms with E-state index < -0.39 is 21.8 Å². The Morgan fingerprint density at radius 2 is 1.84 bits per heavy atom. The molecular formula is C11H13N3O4S. The number of anilines is 1. The summed E-state index contributed by atoms with van der Waals surface area (Å²) in [5, 5.41) is 4.86. The summed E-state index contributed by atoms with van der Waals surface area (Å²) in [5.74, 6) is -1.23. The average Bonchev–Trinajstić information content (AvgIpc) is 2.54. The van der Waals surface area contributed by atoms with E-state index in [0.717, 1.165) is 4.90 Å². The van der Waals surface area contributed by atoms with Crippen LogP contribution in [0.5, 0.6) is 0 Å². The summed E-state index contributed by atoms with van der Waals surface area (Å²) in [6, 6.07) is 4.65. The molecule has 0 spiro atoms. The lowest BCUT2D eigenvalue weighted by Crippen LogP contribution is -2.32. The van der Waals surface area contributed by atoms with E-state index in [1.54, 1.807) is 6.07 Å². The fourth-order valence-corrected chi connectivity index (χ4v) is 2.52. The van der Waals surface area contributed by atoms with E-state index in [1.807, 2.05) is 0 Å². The number of benzene rings is 1. The molecule has 19 heavy (non-hydrogen) atoms. The molecule has 0 bridgehead atoms. The van der Waals surface area contributed by atoms with E-state index in [4.69, 9.17) is 10.9 Å². The molecule has 4 N–H and O–H groups in total. The van der Waals surface area contributed by atoms with Crippen molar-refractivity contribution in [2.45, 2.75) is 6.42 Å². The van der Waals surface area contributed by atoms with E-state index in [9.17, 15) is 18.0 Å². The maximum Gasteiger partial charge on any atom is 0.263 e. The highest BCUT2D eigenvalue weighted by Crippen LogP contribution is 2.27. The van der Waals surface area contributed by atoms with Crippen molar-refractivity contribution >= 4 is 27.5 Å². The van der Waals surface area contributed by atoms with Gasteiger partial charge in [-0.1, -0.05) is 6.07 Å². The lowest BCUT2D eigenvalue weighted by molar-refractivity contribution is 0.0655. The third-order valence-electron chi connectivity index (χ3n) is 2.84. The molecule has 0 unspecified atom stereocenters. The van der Waals surface area contributed by atoms with Crippen LogP contribution in [0.3, 0.4) is 0 Å². The highest BCUT2D eigenvalue weighted by molar-refractivity contribution is 7.89. The van der Waals surface area contributed by atoms with Crippen LogP contribution >= 0.6 is 0 Å². The van der Waals surface area contributed by atoms with Gasteiger partial charge in [0.2, 0.25) is 10.0 Å². The molecule has 1 aliphatic rings. The minimum absolute atomic E-state index is 0.00220. The number of amides is 2. The van der Waals surface area contributed by atoms with Crippen molar-refractivity contribution in [3.8, 4) is 0 Å². The molecule has 1 aliphatic heterocycles. The van der Waals surface area contributed by atoms with Gasteiger partial charge in [-0.2, -0.15) is 0 Å². The zero-order valence-corrected chi connectivity index (χ0v) is 10.8. The van der Waals surface area contributed by atoms with Crippen LogP contribution in [-0.2, 0) is 10.0 Å². The summed E-state index contributed by atoms with van der Waals surface area (Å²) in [6.07, 6.45) is 0.101. The van der Waals surface area contributed by atoms with E-state index in [1.165, 1.54) is 12.1 Å². The SMILES string of the molecule is Nc1cccc2c1C(=O)N(CCCS(N)(=O)=O)C2=O. The van der Waals surface area contributed by atoms with Gasteiger partial charge in [0.25, 0.3) is 11.8 Å². The largest absolute Gasteiger partial charge is 0.398 e. The molecule has 0 radical (unpaired) electrons. The first-order chi connectivity index (χ1) is 8.81. The number of hydrogen-bond donors (Lipinski definition) is 2. The van der Waals surface area contributed by atoms with Crippen LogP contribution in [0.15, 0.2) is 18.2 Å². The fraction of sp³-hybridized carbons (Fsp3) is 0.273. The van der Waals surface area contributed by atoms with Crippen LogP contribution in [0.1, 0.15) is 27.1 Å². The van der Waals surface area contributed by atoms with Crippen molar-refractivity contribution in [2.24, 2.45) is 5.14 Å². The normalized spacial score (nSPS) is 14.9. The van der Waals surface area contributed by atoms with Crippen LogP contribution in [0.25, 0.3) is 0 Å². The number of primary sulfonamides is 1. The van der Waals surface area contributed by atoms with Crippen LogP contribution in [0.4, 0.5) is 5.69 Å². The lowest BCUT2D eigenvalue weighted by Gasteiger charge is -2.12. The fourth-order valence-electron chi connectivity index (χ4n) is 1.99. The van der Waals surface area contributed by atoms with E-state index in [2.05, 4.69) is 0 Å². The molecule has 2 rings (SSSR count). The molecule has 1 aromatic rings. The Bertz CT molecular complexity index is 654. The van der Waals surface area contributed by atoms with Crippen LogP contribution in [-0.4, -0.2) is 37.4 Å². The quantitative estimate of drug-likeness (QED) is 0.571. The monoisotopic (exact) mass is 283 g/mol. The highest BCUT2D eigenvalue weighted by atomic mass is 32.2. The molecule has 7 nitrogen and oxygen atoms in total. The van der Waals surface area contributed by atoms with Gasteiger partial charge >= 0.3 is 0 Å². The number of carbonyl (C=O) groups is 2. The minimum Gasteiger partial charge on any atom is -0.398 e. The molecule has 0 aliphatic carbocycles. The molecule has 0 aromatic heterocycles. The maximum atomic E-state index is 12.0. The molecule has 0 saturated heterocycles. The topological polar surface area (TPSA) is 124 Å². The Hall–Kier alpha value is -1.93. The van der Waals surface area contributed by atoms with Gasteiger partial charge in [0.15, 0.2) is 0 Å². The average molecular weight is 283 g/mol. The predicted octanol–water partition coefficient (Wildman–Crippen LogP) is -0.457. The number of nitrogens with two attached hydrogens (primary N) is 2. The van der Waals surface area contributed by atoms with E-state index in [0.29, 0.717) is 0 Å². The molecular weight excluding hydrogens is 270 g/mol. The van der Waals surface area contributed by atoms with E-state index >= 15 is 0 Å². The second-order valence-corrected chi connectivity index (χ2v) is 5.99. The summed E-state index contributed by atoms with van der Waals surface area (Å²) in [4.78, 5) is 25.0. The van der Waals surface area contributed by atoms with Crippen molar-refractivity contribution in [3.63, 3.8) is 0 Å². The van der Waals surface area contributed by atoms with Gasteiger partial charge in [-0.05, 0) is 18.6 Å². The van der Waals surface area contributed by atoms with Gasteiger partial charge in [0.05, 0.1) is 16.9 Å². The Morgan fingerprint density at radius 3 is 2.42 bits per heavy atom.